The van der Waals surface area contributed by atoms with Crippen molar-refractivity contribution in [2.24, 2.45) is 0 Å². The lowest BCUT2D eigenvalue weighted by molar-refractivity contribution is -0.384. The van der Waals surface area contributed by atoms with Crippen LogP contribution in [0.1, 0.15) is 24.8 Å². The van der Waals surface area contributed by atoms with Crippen LogP contribution >= 0.6 is 11.8 Å². The van der Waals surface area contributed by atoms with E-state index in [0.717, 1.165) is 24.0 Å². The molecule has 0 spiro atoms. The van der Waals surface area contributed by atoms with E-state index < -0.39 is 4.92 Å². The zero-order valence-electron chi connectivity index (χ0n) is 13.3. The quantitative estimate of drug-likeness (QED) is 0.510. The predicted octanol–water partition coefficient (Wildman–Crippen LogP) is 2.91. The SMILES string of the molecule is O=C1CCCC2=C1Nc1nc(SCc3ccc([N+](=O)[O-])cc3)nn1C2. The summed E-state index contributed by atoms with van der Waals surface area (Å²) < 4.78 is 1.79. The van der Waals surface area contributed by atoms with Crippen LogP contribution < -0.4 is 5.32 Å². The fourth-order valence-electron chi connectivity index (χ4n) is 2.97. The number of fused-ring (bicyclic) bond motifs is 1. The first-order chi connectivity index (χ1) is 12.1. The maximum Gasteiger partial charge on any atom is 0.269 e. The summed E-state index contributed by atoms with van der Waals surface area (Å²) in [5, 5.41) is 18.9. The van der Waals surface area contributed by atoms with Crippen molar-refractivity contribution >= 4 is 29.2 Å². The Bertz CT molecular complexity index is 888. The highest BCUT2D eigenvalue weighted by molar-refractivity contribution is 7.98. The monoisotopic (exact) mass is 357 g/mol. The molecule has 0 saturated heterocycles. The minimum absolute atomic E-state index is 0.0786. The third-order valence-corrected chi connectivity index (χ3v) is 5.17. The molecule has 2 aliphatic rings. The number of nitro benzene ring substituents is 1. The molecule has 1 aromatic heterocycles. The number of hydrogen-bond donors (Lipinski definition) is 1. The van der Waals surface area contributed by atoms with Crippen molar-refractivity contribution < 1.29 is 9.72 Å². The topological polar surface area (TPSA) is 103 Å². The number of non-ortho nitro benzene ring substituents is 1. The van der Waals surface area contributed by atoms with E-state index in [-0.39, 0.29) is 11.5 Å². The normalized spacial score (nSPS) is 16.2. The zero-order valence-corrected chi connectivity index (χ0v) is 14.1. The van der Waals surface area contributed by atoms with E-state index in [1.807, 2.05) is 0 Å². The van der Waals surface area contributed by atoms with E-state index in [0.29, 0.717) is 35.5 Å². The minimum atomic E-state index is -0.413. The number of thioether (sulfide) groups is 1. The summed E-state index contributed by atoms with van der Waals surface area (Å²) in [7, 11) is 0. The van der Waals surface area contributed by atoms with E-state index in [4.69, 9.17) is 0 Å². The third-order valence-electron chi connectivity index (χ3n) is 4.26. The van der Waals surface area contributed by atoms with Crippen LogP contribution in [0, 0.1) is 10.1 Å². The van der Waals surface area contributed by atoms with Crippen LogP contribution in [0.15, 0.2) is 40.7 Å². The highest BCUT2D eigenvalue weighted by Gasteiger charge is 2.27. The third kappa shape index (κ3) is 3.14. The number of carbonyl (C=O) groups excluding carboxylic acids is 1. The van der Waals surface area contributed by atoms with Gasteiger partial charge in [0.15, 0.2) is 5.78 Å². The van der Waals surface area contributed by atoms with Gasteiger partial charge in [0.2, 0.25) is 11.1 Å². The van der Waals surface area contributed by atoms with Crippen molar-refractivity contribution in [3.63, 3.8) is 0 Å². The lowest BCUT2D eigenvalue weighted by Gasteiger charge is -2.24. The largest absolute Gasteiger partial charge is 0.321 e. The molecule has 0 unspecified atom stereocenters. The summed E-state index contributed by atoms with van der Waals surface area (Å²) in [6.45, 7) is 0.606. The fraction of sp³-hybridized carbons (Fsp3) is 0.312. The Hall–Kier alpha value is -2.68. The molecule has 0 saturated carbocycles. The number of hydrogen-bond acceptors (Lipinski definition) is 7. The minimum Gasteiger partial charge on any atom is -0.321 e. The van der Waals surface area contributed by atoms with Gasteiger partial charge in [-0.3, -0.25) is 14.9 Å². The molecule has 2 heterocycles. The van der Waals surface area contributed by atoms with Gasteiger partial charge in [-0.1, -0.05) is 23.9 Å². The zero-order chi connectivity index (χ0) is 17.4. The highest BCUT2D eigenvalue weighted by Crippen LogP contribution is 2.31. The first kappa shape index (κ1) is 15.8. The first-order valence-corrected chi connectivity index (χ1v) is 8.92. The molecule has 0 bridgehead atoms. The fourth-order valence-corrected chi connectivity index (χ4v) is 3.76. The van der Waals surface area contributed by atoms with Crippen molar-refractivity contribution in [1.82, 2.24) is 14.8 Å². The van der Waals surface area contributed by atoms with E-state index in [1.54, 1.807) is 16.8 Å². The van der Waals surface area contributed by atoms with Crippen LogP contribution in [0.4, 0.5) is 11.6 Å². The molecule has 9 heteroatoms. The second-order valence-corrected chi connectivity index (χ2v) is 6.91. The number of nitrogens with one attached hydrogen (secondary N) is 1. The number of nitro groups is 1. The Morgan fingerprint density at radius 2 is 2.08 bits per heavy atom. The van der Waals surface area contributed by atoms with Gasteiger partial charge in [-0.15, -0.1) is 5.10 Å². The van der Waals surface area contributed by atoms with Gasteiger partial charge >= 0.3 is 0 Å². The smallest absolute Gasteiger partial charge is 0.269 e. The average Bonchev–Trinajstić information content (AvgIpc) is 3.01. The molecule has 4 rings (SSSR count). The molecule has 8 nitrogen and oxygen atoms in total. The summed E-state index contributed by atoms with van der Waals surface area (Å²) in [6, 6.07) is 6.45. The van der Waals surface area contributed by atoms with Gasteiger partial charge in [0.05, 0.1) is 17.2 Å². The van der Waals surface area contributed by atoms with Crippen LogP contribution in [0.3, 0.4) is 0 Å². The van der Waals surface area contributed by atoms with E-state index >= 15 is 0 Å². The molecule has 2 aromatic rings. The number of ketones is 1. The summed E-state index contributed by atoms with van der Waals surface area (Å²) in [5.74, 6) is 1.36. The molecule has 1 aliphatic heterocycles. The molecule has 0 radical (unpaired) electrons. The van der Waals surface area contributed by atoms with Crippen molar-refractivity contribution in [3.05, 3.63) is 51.2 Å². The predicted molar refractivity (Wildman–Crippen MR) is 92.2 cm³/mol. The number of carbonyl (C=O) groups is 1. The van der Waals surface area contributed by atoms with Gasteiger partial charge in [0.1, 0.15) is 0 Å². The van der Waals surface area contributed by atoms with Gasteiger partial charge in [0.25, 0.3) is 5.69 Å². The molecule has 0 amide bonds. The Kier molecular flexibility index (Phi) is 4.00. The molecule has 1 aliphatic carbocycles. The Morgan fingerprint density at radius 3 is 2.84 bits per heavy atom. The number of benzene rings is 1. The molecule has 0 atom stereocenters. The van der Waals surface area contributed by atoms with Crippen LogP contribution in [0.2, 0.25) is 0 Å². The van der Waals surface area contributed by atoms with Crippen molar-refractivity contribution in [2.45, 2.75) is 36.7 Å². The summed E-state index contributed by atoms with van der Waals surface area (Å²) in [5.41, 5.74) is 2.83. The van der Waals surface area contributed by atoms with E-state index in [2.05, 4.69) is 15.4 Å². The Balaban J connectivity index is 1.44. The van der Waals surface area contributed by atoms with Crippen molar-refractivity contribution in [2.75, 3.05) is 5.32 Å². The van der Waals surface area contributed by atoms with Crippen molar-refractivity contribution in [3.8, 4) is 0 Å². The second kappa shape index (κ2) is 6.32. The van der Waals surface area contributed by atoms with Gasteiger partial charge in [-0.2, -0.15) is 4.98 Å². The maximum absolute atomic E-state index is 12.0. The maximum atomic E-state index is 12.0. The lowest BCUT2D eigenvalue weighted by atomic mass is 9.94. The Morgan fingerprint density at radius 1 is 1.28 bits per heavy atom. The van der Waals surface area contributed by atoms with Crippen LogP contribution in [0.5, 0.6) is 0 Å². The molecular weight excluding hydrogens is 342 g/mol. The second-order valence-electron chi connectivity index (χ2n) is 5.97. The standard InChI is InChI=1S/C16H15N5O3S/c22-13-3-1-2-11-8-20-15(17-14(11)13)18-16(19-20)25-9-10-4-6-12(7-5-10)21(23)24/h4-7H,1-3,8-9H2,(H,17,18,19). The number of aromatic nitrogens is 3. The summed E-state index contributed by atoms with van der Waals surface area (Å²) >= 11 is 1.46. The van der Waals surface area contributed by atoms with E-state index in [1.165, 1.54) is 23.9 Å². The molecule has 0 fully saturated rings. The molecule has 1 aromatic carbocycles. The number of nitrogens with zero attached hydrogens (tertiary/aromatic N) is 4. The van der Waals surface area contributed by atoms with Gasteiger partial charge in [-0.25, -0.2) is 4.68 Å². The Labute approximate surface area is 147 Å². The number of Topliss-reactive ketones (excluding diaryl/α,β-unsaturated/α-hetero) is 1. The van der Waals surface area contributed by atoms with Gasteiger partial charge < -0.3 is 5.32 Å². The average molecular weight is 357 g/mol. The summed E-state index contributed by atoms with van der Waals surface area (Å²) in [4.78, 5) is 26.7. The lowest BCUT2D eigenvalue weighted by Crippen LogP contribution is -2.26. The van der Waals surface area contributed by atoms with Crippen molar-refractivity contribution in [1.29, 1.82) is 0 Å². The first-order valence-electron chi connectivity index (χ1n) is 7.93. The molecule has 128 valence electrons. The summed E-state index contributed by atoms with van der Waals surface area (Å²) in [6.07, 6.45) is 2.39. The van der Waals surface area contributed by atoms with Gasteiger partial charge in [0, 0.05) is 24.3 Å². The van der Waals surface area contributed by atoms with Crippen LogP contribution in [-0.2, 0) is 17.1 Å². The van der Waals surface area contributed by atoms with Gasteiger partial charge in [-0.05, 0) is 24.0 Å². The number of anilines is 1. The molecule has 1 N–H and O–H groups in total. The van der Waals surface area contributed by atoms with Crippen LogP contribution in [-0.4, -0.2) is 25.5 Å². The number of rotatable bonds is 4. The molecular formula is C16H15N5O3S. The van der Waals surface area contributed by atoms with E-state index in [9.17, 15) is 14.9 Å². The number of allylic oxidation sites excluding steroid dienone is 2. The van der Waals surface area contributed by atoms with Crippen LogP contribution in [0.25, 0.3) is 0 Å². The highest BCUT2D eigenvalue weighted by atomic mass is 32.2. The molecule has 25 heavy (non-hydrogen) atoms.